The van der Waals surface area contributed by atoms with Crippen LogP contribution in [0.15, 0.2) is 42.6 Å². The van der Waals surface area contributed by atoms with Crippen LogP contribution in [-0.2, 0) is 4.74 Å². The van der Waals surface area contributed by atoms with Crippen molar-refractivity contribution in [2.24, 2.45) is 0 Å². The van der Waals surface area contributed by atoms with Crippen molar-refractivity contribution in [3.63, 3.8) is 0 Å². The lowest BCUT2D eigenvalue weighted by atomic mass is 10.1. The Morgan fingerprint density at radius 2 is 1.97 bits per heavy atom. The number of morpholine rings is 1. The van der Waals surface area contributed by atoms with E-state index in [1.54, 1.807) is 6.07 Å². The quantitative estimate of drug-likeness (QED) is 0.412. The fraction of sp³-hybridized carbons (Fsp3) is 0.261. The molecule has 0 aliphatic carbocycles. The maximum Gasteiger partial charge on any atom is 0.324 e. The normalized spacial score (nSPS) is 14.4. The molecular weight excluding hydrogens is 468 g/mol. The van der Waals surface area contributed by atoms with Crippen molar-refractivity contribution in [1.82, 2.24) is 25.1 Å². The smallest absolute Gasteiger partial charge is 0.324 e. The van der Waals surface area contributed by atoms with Crippen LogP contribution in [0.1, 0.15) is 0 Å². The lowest BCUT2D eigenvalue weighted by Gasteiger charge is -2.26. The molecule has 0 bridgehead atoms. The third kappa shape index (κ3) is 4.93. The largest absolute Gasteiger partial charge is 0.492 e. The van der Waals surface area contributed by atoms with Gasteiger partial charge in [0.1, 0.15) is 18.2 Å². The van der Waals surface area contributed by atoms with E-state index in [4.69, 9.17) is 25.8 Å². The van der Waals surface area contributed by atoms with Crippen LogP contribution in [0.25, 0.3) is 22.3 Å². The van der Waals surface area contributed by atoms with Crippen molar-refractivity contribution < 1.29 is 23.0 Å². The van der Waals surface area contributed by atoms with Crippen LogP contribution >= 0.6 is 11.6 Å². The van der Waals surface area contributed by atoms with E-state index in [0.717, 1.165) is 45.0 Å². The second-order valence-corrected chi connectivity index (χ2v) is 8.02. The van der Waals surface area contributed by atoms with Crippen molar-refractivity contribution in [1.29, 1.82) is 0 Å². The number of aromatic amines is 1. The minimum Gasteiger partial charge on any atom is -0.492 e. The molecule has 0 saturated carbocycles. The van der Waals surface area contributed by atoms with Gasteiger partial charge in [-0.3, -0.25) is 10.00 Å². The lowest BCUT2D eigenvalue weighted by Crippen LogP contribution is -2.38. The fourth-order valence-corrected chi connectivity index (χ4v) is 3.87. The predicted octanol–water partition coefficient (Wildman–Crippen LogP) is 4.45. The summed E-state index contributed by atoms with van der Waals surface area (Å²) in [6, 6.07) is 8.27. The molecule has 1 aliphatic rings. The number of fused-ring (bicyclic) bond motifs is 1. The van der Waals surface area contributed by atoms with Gasteiger partial charge in [-0.1, -0.05) is 11.6 Å². The van der Waals surface area contributed by atoms with Crippen LogP contribution in [0.3, 0.4) is 0 Å². The van der Waals surface area contributed by atoms with E-state index in [1.165, 1.54) is 12.3 Å². The van der Waals surface area contributed by atoms with Crippen molar-refractivity contribution in [2.45, 2.75) is 0 Å². The summed E-state index contributed by atoms with van der Waals surface area (Å²) in [5.74, 6) is -1.09. The van der Waals surface area contributed by atoms with Gasteiger partial charge in [0, 0.05) is 37.5 Å². The number of hydrogen-bond donors (Lipinski definition) is 1. The van der Waals surface area contributed by atoms with Crippen LogP contribution in [0.5, 0.6) is 17.5 Å². The number of aromatic nitrogens is 4. The molecule has 2 aromatic heterocycles. The molecule has 0 radical (unpaired) electrons. The monoisotopic (exact) mass is 487 g/mol. The first-order chi connectivity index (χ1) is 16.6. The highest BCUT2D eigenvalue weighted by Gasteiger charge is 2.16. The molecule has 2 aromatic carbocycles. The SMILES string of the molecule is Fc1ccc(Oc2ncc3c(-c4ccc(OCCN5CCOCC5)cc4Cl)[nH]nc3n2)c(F)c1. The highest BCUT2D eigenvalue weighted by molar-refractivity contribution is 6.33. The summed E-state index contributed by atoms with van der Waals surface area (Å²) in [6.45, 7) is 4.68. The molecule has 8 nitrogen and oxygen atoms in total. The van der Waals surface area contributed by atoms with Gasteiger partial charge in [-0.2, -0.15) is 10.1 Å². The van der Waals surface area contributed by atoms with E-state index >= 15 is 0 Å². The molecule has 3 heterocycles. The Bertz CT molecular complexity index is 1310. The molecule has 176 valence electrons. The lowest BCUT2D eigenvalue weighted by molar-refractivity contribution is 0.0322. The molecule has 0 amide bonds. The summed E-state index contributed by atoms with van der Waals surface area (Å²) in [5.41, 5.74) is 1.63. The highest BCUT2D eigenvalue weighted by atomic mass is 35.5. The third-order valence-corrected chi connectivity index (χ3v) is 5.69. The van der Waals surface area contributed by atoms with E-state index in [2.05, 4.69) is 25.1 Å². The number of nitrogens with one attached hydrogen (secondary N) is 1. The predicted molar refractivity (Wildman–Crippen MR) is 121 cm³/mol. The highest BCUT2D eigenvalue weighted by Crippen LogP contribution is 2.34. The molecule has 0 spiro atoms. The number of benzene rings is 2. The Balaban J connectivity index is 1.29. The first-order valence-electron chi connectivity index (χ1n) is 10.6. The fourth-order valence-electron chi connectivity index (χ4n) is 3.60. The van der Waals surface area contributed by atoms with Gasteiger partial charge >= 0.3 is 6.01 Å². The Labute approximate surface area is 198 Å². The summed E-state index contributed by atoms with van der Waals surface area (Å²) in [5, 5.41) is 8.18. The number of H-pyrrole nitrogens is 1. The standard InChI is InChI=1S/C23H20ClF2N5O3/c24-18-12-15(33-10-7-31-5-8-32-9-6-31)2-3-16(18)21-17-13-27-23(28-22(17)30-29-21)34-20-4-1-14(25)11-19(20)26/h1-4,11-13H,5-10H2,(H,27,28,29,30). The van der Waals surface area contributed by atoms with Gasteiger partial charge in [0.05, 0.1) is 29.3 Å². The summed E-state index contributed by atoms with van der Waals surface area (Å²) in [4.78, 5) is 10.6. The number of hydrogen-bond acceptors (Lipinski definition) is 7. The second kappa shape index (κ2) is 9.88. The number of ether oxygens (including phenoxy) is 3. The van der Waals surface area contributed by atoms with Gasteiger partial charge in [0.2, 0.25) is 0 Å². The number of halogens is 3. The number of rotatable bonds is 7. The number of nitrogens with zero attached hydrogens (tertiary/aromatic N) is 4. The molecule has 0 unspecified atom stereocenters. The maximum absolute atomic E-state index is 13.9. The van der Waals surface area contributed by atoms with Crippen LogP contribution < -0.4 is 9.47 Å². The Morgan fingerprint density at radius 3 is 2.76 bits per heavy atom. The van der Waals surface area contributed by atoms with Crippen LogP contribution in [0, 0.1) is 11.6 Å². The maximum atomic E-state index is 13.9. The summed E-state index contributed by atoms with van der Waals surface area (Å²) >= 11 is 6.53. The topological polar surface area (TPSA) is 85.4 Å². The minimum atomic E-state index is -0.856. The Morgan fingerprint density at radius 1 is 1.12 bits per heavy atom. The van der Waals surface area contributed by atoms with E-state index in [1.807, 2.05) is 12.1 Å². The van der Waals surface area contributed by atoms with Gasteiger partial charge in [-0.15, -0.1) is 0 Å². The molecule has 1 saturated heterocycles. The second-order valence-electron chi connectivity index (χ2n) is 7.61. The molecule has 4 aromatic rings. The first kappa shape index (κ1) is 22.5. The zero-order chi connectivity index (χ0) is 23.5. The Hall–Kier alpha value is -3.34. The Kier molecular flexibility index (Phi) is 6.52. The molecule has 34 heavy (non-hydrogen) atoms. The zero-order valence-electron chi connectivity index (χ0n) is 17.9. The molecular formula is C23H20ClF2N5O3. The van der Waals surface area contributed by atoms with Crippen molar-refractivity contribution >= 4 is 22.6 Å². The van der Waals surface area contributed by atoms with Crippen LogP contribution in [0.2, 0.25) is 5.02 Å². The van der Waals surface area contributed by atoms with E-state index in [-0.39, 0.29) is 11.8 Å². The van der Waals surface area contributed by atoms with Gasteiger partial charge in [0.15, 0.2) is 17.2 Å². The van der Waals surface area contributed by atoms with Gasteiger partial charge in [0.25, 0.3) is 0 Å². The minimum absolute atomic E-state index is 0.119. The molecule has 1 N–H and O–H groups in total. The van der Waals surface area contributed by atoms with Crippen molar-refractivity contribution in [2.75, 3.05) is 39.5 Å². The zero-order valence-corrected chi connectivity index (χ0v) is 18.7. The van der Waals surface area contributed by atoms with E-state index in [9.17, 15) is 8.78 Å². The molecule has 1 fully saturated rings. The summed E-state index contributed by atoms with van der Waals surface area (Å²) in [6.07, 6.45) is 1.50. The van der Waals surface area contributed by atoms with Gasteiger partial charge < -0.3 is 14.2 Å². The first-order valence-corrected chi connectivity index (χ1v) is 11.0. The van der Waals surface area contributed by atoms with Crippen molar-refractivity contribution in [3.8, 4) is 28.8 Å². The van der Waals surface area contributed by atoms with Gasteiger partial charge in [-0.25, -0.2) is 13.8 Å². The summed E-state index contributed by atoms with van der Waals surface area (Å²) in [7, 11) is 0. The van der Waals surface area contributed by atoms with E-state index < -0.39 is 11.6 Å². The van der Waals surface area contributed by atoms with Gasteiger partial charge in [-0.05, 0) is 30.3 Å². The average Bonchev–Trinajstić information content (AvgIpc) is 3.25. The van der Waals surface area contributed by atoms with Crippen LogP contribution in [-0.4, -0.2) is 64.5 Å². The van der Waals surface area contributed by atoms with Crippen molar-refractivity contribution in [3.05, 3.63) is 59.3 Å². The van der Waals surface area contributed by atoms with Crippen LogP contribution in [0.4, 0.5) is 8.78 Å². The molecule has 1 aliphatic heterocycles. The molecule has 11 heteroatoms. The third-order valence-electron chi connectivity index (χ3n) is 5.37. The van der Waals surface area contributed by atoms with E-state index in [0.29, 0.717) is 39.7 Å². The molecule has 5 rings (SSSR count). The summed E-state index contributed by atoms with van der Waals surface area (Å²) < 4.78 is 43.5. The average molecular weight is 488 g/mol. The molecule has 0 atom stereocenters.